The molecule has 3 aromatic rings. The van der Waals surface area contributed by atoms with Gasteiger partial charge in [-0.2, -0.15) is 0 Å². The van der Waals surface area contributed by atoms with Crippen LogP contribution in [-0.2, 0) is 4.79 Å². The minimum absolute atomic E-state index is 0.126. The summed E-state index contributed by atoms with van der Waals surface area (Å²) in [4.78, 5) is 15.1. The lowest BCUT2D eigenvalue weighted by Crippen LogP contribution is -2.27. The number of nitrogens with zero attached hydrogens (tertiary/aromatic N) is 1. The highest BCUT2D eigenvalue weighted by Gasteiger charge is 2.33. The number of hydrogen-bond donors (Lipinski definition) is 0. The Kier molecular flexibility index (Phi) is 6.70. The van der Waals surface area contributed by atoms with Gasteiger partial charge in [0.2, 0.25) is 0 Å². The molecule has 0 spiro atoms. The summed E-state index contributed by atoms with van der Waals surface area (Å²) in [5, 5.41) is 0. The molecule has 31 heavy (non-hydrogen) atoms. The molecule has 1 saturated heterocycles. The number of anilines is 1. The summed E-state index contributed by atoms with van der Waals surface area (Å²) in [6.07, 6.45) is 1.83. The maximum Gasteiger partial charge on any atom is 0.270 e. The molecule has 0 N–H and O–H groups in total. The average Bonchev–Trinajstić information content (AvgIpc) is 3.07. The molecule has 0 aromatic heterocycles. The van der Waals surface area contributed by atoms with Crippen molar-refractivity contribution < 1.29 is 14.3 Å². The lowest BCUT2D eigenvalue weighted by atomic mass is 10.2. The Bertz CT molecular complexity index is 1130. The van der Waals surface area contributed by atoms with Crippen LogP contribution in [-0.4, -0.2) is 23.4 Å². The van der Waals surface area contributed by atoms with Gasteiger partial charge in [0.25, 0.3) is 5.91 Å². The maximum absolute atomic E-state index is 13.0. The normalized spacial score (nSPS) is 14.9. The first-order valence-corrected chi connectivity index (χ1v) is 11.1. The van der Waals surface area contributed by atoms with Crippen LogP contribution in [0.1, 0.15) is 11.1 Å². The zero-order valence-corrected chi connectivity index (χ0v) is 18.6. The van der Waals surface area contributed by atoms with Gasteiger partial charge in [-0.15, -0.1) is 0 Å². The van der Waals surface area contributed by atoms with E-state index in [1.807, 2.05) is 91.9 Å². The predicted octanol–water partition coefficient (Wildman–Crippen LogP) is 5.86. The number of ether oxygens (including phenoxy) is 2. The average molecular weight is 448 g/mol. The number of rotatable bonds is 7. The molecule has 1 amide bonds. The molecule has 0 aliphatic carbocycles. The van der Waals surface area contributed by atoms with Crippen molar-refractivity contribution in [3.8, 4) is 11.5 Å². The summed E-state index contributed by atoms with van der Waals surface area (Å²) >= 11 is 6.74. The van der Waals surface area contributed by atoms with Gasteiger partial charge in [-0.25, -0.2) is 0 Å². The molecule has 3 aromatic carbocycles. The second-order valence-electron chi connectivity index (χ2n) is 6.85. The second-order valence-corrected chi connectivity index (χ2v) is 8.53. The van der Waals surface area contributed by atoms with Crippen molar-refractivity contribution in [2.24, 2.45) is 0 Å². The first-order valence-electron chi connectivity index (χ1n) is 9.87. The molecule has 1 aliphatic rings. The Hall–Kier alpha value is -3.09. The first kappa shape index (κ1) is 21.2. The van der Waals surface area contributed by atoms with E-state index >= 15 is 0 Å². The van der Waals surface area contributed by atoms with E-state index in [9.17, 15) is 4.79 Å². The minimum atomic E-state index is -0.126. The zero-order chi connectivity index (χ0) is 21.6. The molecule has 1 aliphatic heterocycles. The fourth-order valence-electron chi connectivity index (χ4n) is 3.16. The van der Waals surface area contributed by atoms with Crippen molar-refractivity contribution in [1.29, 1.82) is 0 Å². The largest absolute Gasteiger partial charge is 0.490 e. The molecular weight excluding hydrogens is 426 g/mol. The number of benzene rings is 3. The molecule has 156 valence electrons. The molecule has 0 saturated carbocycles. The molecule has 6 heteroatoms. The van der Waals surface area contributed by atoms with Crippen LogP contribution >= 0.6 is 24.0 Å². The van der Waals surface area contributed by atoms with E-state index in [1.165, 1.54) is 11.8 Å². The molecule has 0 atom stereocenters. The molecule has 1 fully saturated rings. The van der Waals surface area contributed by atoms with Gasteiger partial charge in [-0.3, -0.25) is 9.69 Å². The maximum atomic E-state index is 13.0. The summed E-state index contributed by atoms with van der Waals surface area (Å²) in [5.41, 5.74) is 2.68. The lowest BCUT2D eigenvalue weighted by molar-refractivity contribution is -0.113. The van der Waals surface area contributed by atoms with Gasteiger partial charge in [0.05, 0.1) is 10.6 Å². The third-order valence-corrected chi connectivity index (χ3v) is 6.01. The van der Waals surface area contributed by atoms with E-state index in [2.05, 4.69) is 0 Å². The van der Waals surface area contributed by atoms with Crippen molar-refractivity contribution in [3.05, 3.63) is 94.9 Å². The van der Waals surface area contributed by atoms with Gasteiger partial charge < -0.3 is 9.47 Å². The highest BCUT2D eigenvalue weighted by molar-refractivity contribution is 8.27. The van der Waals surface area contributed by atoms with Crippen molar-refractivity contribution in [2.75, 3.05) is 18.1 Å². The van der Waals surface area contributed by atoms with E-state index < -0.39 is 0 Å². The highest BCUT2D eigenvalue weighted by atomic mass is 32.2. The van der Waals surface area contributed by atoms with Crippen molar-refractivity contribution in [1.82, 2.24) is 0 Å². The van der Waals surface area contributed by atoms with E-state index in [0.29, 0.717) is 28.2 Å². The van der Waals surface area contributed by atoms with Crippen LogP contribution in [0.25, 0.3) is 6.08 Å². The number of carbonyl (C=O) groups excluding carboxylic acids is 1. The quantitative estimate of drug-likeness (QED) is 0.258. The lowest BCUT2D eigenvalue weighted by Gasteiger charge is -2.14. The van der Waals surface area contributed by atoms with Gasteiger partial charge in [-0.1, -0.05) is 78.6 Å². The fourth-order valence-corrected chi connectivity index (χ4v) is 4.45. The van der Waals surface area contributed by atoms with Crippen LogP contribution in [0.3, 0.4) is 0 Å². The Labute approximate surface area is 191 Å². The Morgan fingerprint density at radius 2 is 1.48 bits per heavy atom. The van der Waals surface area contributed by atoms with Gasteiger partial charge in [0.15, 0.2) is 4.32 Å². The van der Waals surface area contributed by atoms with Crippen LogP contribution in [0.15, 0.2) is 83.8 Å². The van der Waals surface area contributed by atoms with Crippen molar-refractivity contribution in [3.63, 3.8) is 0 Å². The number of amides is 1. The summed E-state index contributed by atoms with van der Waals surface area (Å²) in [5.74, 6) is 1.42. The highest BCUT2D eigenvalue weighted by Crippen LogP contribution is 2.37. The third-order valence-electron chi connectivity index (χ3n) is 4.71. The predicted molar refractivity (Wildman–Crippen MR) is 131 cm³/mol. The number of hydrogen-bond acceptors (Lipinski definition) is 5. The van der Waals surface area contributed by atoms with Crippen LogP contribution in [0, 0.1) is 6.92 Å². The molecule has 1 heterocycles. The Balaban J connectivity index is 1.45. The summed E-state index contributed by atoms with van der Waals surface area (Å²) in [6.45, 7) is 2.83. The third kappa shape index (κ3) is 4.98. The SMILES string of the molecule is Cc1ccccc1OCCOc1ccccc1C=C1SC(=S)N(c2ccccc2)C1=O. The zero-order valence-electron chi connectivity index (χ0n) is 17.0. The summed E-state index contributed by atoms with van der Waals surface area (Å²) in [7, 11) is 0. The topological polar surface area (TPSA) is 38.8 Å². The fraction of sp³-hybridized carbons (Fsp3) is 0.120. The number of para-hydroxylation sites is 3. The minimum Gasteiger partial charge on any atom is -0.490 e. The molecule has 4 nitrogen and oxygen atoms in total. The number of thioether (sulfide) groups is 1. The van der Waals surface area contributed by atoms with E-state index in [0.717, 1.165) is 22.6 Å². The van der Waals surface area contributed by atoms with Gasteiger partial charge in [0, 0.05) is 5.56 Å². The summed E-state index contributed by atoms with van der Waals surface area (Å²) < 4.78 is 12.3. The van der Waals surface area contributed by atoms with Crippen molar-refractivity contribution >= 4 is 46.0 Å². The van der Waals surface area contributed by atoms with Crippen LogP contribution in [0.2, 0.25) is 0 Å². The number of thiocarbonyl (C=S) groups is 1. The number of carbonyl (C=O) groups is 1. The van der Waals surface area contributed by atoms with Crippen molar-refractivity contribution in [2.45, 2.75) is 6.92 Å². The second kappa shape index (κ2) is 9.81. The van der Waals surface area contributed by atoms with Gasteiger partial charge in [-0.05, 0) is 42.8 Å². The first-order chi connectivity index (χ1) is 15.1. The van der Waals surface area contributed by atoms with Gasteiger partial charge in [0.1, 0.15) is 24.7 Å². The van der Waals surface area contributed by atoms with Crippen LogP contribution < -0.4 is 14.4 Å². The standard InChI is InChI=1S/C25H21NO3S2/c1-18-9-5-7-13-21(18)28-15-16-29-22-14-8-6-10-19(22)17-23-24(27)26(25(30)31-23)20-11-3-2-4-12-20/h2-14,17H,15-16H2,1H3. The smallest absolute Gasteiger partial charge is 0.270 e. The van der Waals surface area contributed by atoms with Crippen LogP contribution in [0.5, 0.6) is 11.5 Å². The molecular formula is C25H21NO3S2. The molecule has 4 rings (SSSR count). The Morgan fingerprint density at radius 3 is 2.23 bits per heavy atom. The summed E-state index contributed by atoms with van der Waals surface area (Å²) in [6, 6.07) is 25.0. The number of aryl methyl sites for hydroxylation is 1. The Morgan fingerprint density at radius 1 is 0.871 bits per heavy atom. The molecule has 0 radical (unpaired) electrons. The van der Waals surface area contributed by atoms with E-state index in [4.69, 9.17) is 21.7 Å². The van der Waals surface area contributed by atoms with Gasteiger partial charge >= 0.3 is 0 Å². The molecule has 0 unspecified atom stereocenters. The van der Waals surface area contributed by atoms with E-state index in [-0.39, 0.29) is 5.91 Å². The molecule has 0 bridgehead atoms. The monoisotopic (exact) mass is 447 g/mol. The van der Waals surface area contributed by atoms with Crippen LogP contribution in [0.4, 0.5) is 5.69 Å². The van der Waals surface area contributed by atoms with E-state index in [1.54, 1.807) is 4.90 Å².